The standard InChI is InChI=1S/C13H19N3O5.CH4O/c1-8(2)12(17)20-7-9-3-4-11(21-9)16-6-5-10(15-19)14-13(16)18;1-2/h5-6,8-9,11,19H,3-4,7H2,1-2H3,(H,14,15,18);2H,1H3. The van der Waals surface area contributed by atoms with Gasteiger partial charge in [-0.15, -0.1) is 0 Å². The summed E-state index contributed by atoms with van der Waals surface area (Å²) in [5.41, 5.74) is 1.30. The van der Waals surface area contributed by atoms with E-state index < -0.39 is 11.9 Å². The number of aliphatic hydroxyl groups is 1. The highest BCUT2D eigenvalue weighted by atomic mass is 16.6. The summed E-state index contributed by atoms with van der Waals surface area (Å²) in [5.74, 6) is -0.358. The van der Waals surface area contributed by atoms with E-state index in [9.17, 15) is 9.59 Å². The van der Waals surface area contributed by atoms with Gasteiger partial charge in [-0.2, -0.15) is 4.98 Å². The zero-order valence-corrected chi connectivity index (χ0v) is 13.4. The quantitative estimate of drug-likeness (QED) is 0.528. The Balaban J connectivity index is 0.00000127. The molecule has 9 nitrogen and oxygen atoms in total. The molecule has 130 valence electrons. The molecule has 23 heavy (non-hydrogen) atoms. The SMILES string of the molecule is CC(C)C(=O)OCC1CCC(n2ccc(NO)nc2=O)O1.CO. The number of nitrogens with one attached hydrogen (secondary N) is 1. The molecule has 0 spiro atoms. The number of aromatic nitrogens is 2. The molecule has 1 fully saturated rings. The average Bonchev–Trinajstić information content (AvgIpc) is 3.02. The van der Waals surface area contributed by atoms with Crippen molar-refractivity contribution in [3.8, 4) is 0 Å². The second-order valence-electron chi connectivity index (χ2n) is 5.19. The molecular formula is C14H23N3O6. The van der Waals surface area contributed by atoms with Crippen LogP contribution in [0, 0.1) is 5.92 Å². The summed E-state index contributed by atoms with van der Waals surface area (Å²) < 4.78 is 12.2. The van der Waals surface area contributed by atoms with Gasteiger partial charge in [0.25, 0.3) is 0 Å². The first-order chi connectivity index (χ1) is 11.0. The first kappa shape index (κ1) is 19.1. The zero-order valence-electron chi connectivity index (χ0n) is 13.4. The molecule has 0 radical (unpaired) electrons. The third kappa shape index (κ3) is 5.31. The van der Waals surface area contributed by atoms with Crippen molar-refractivity contribution in [3.05, 3.63) is 22.7 Å². The Hall–Kier alpha value is -1.97. The maximum atomic E-state index is 11.8. The van der Waals surface area contributed by atoms with Crippen molar-refractivity contribution in [2.24, 2.45) is 5.92 Å². The predicted octanol–water partition coefficient (Wildman–Crippen LogP) is 0.530. The third-order valence-electron chi connectivity index (χ3n) is 3.22. The molecular weight excluding hydrogens is 306 g/mol. The van der Waals surface area contributed by atoms with Gasteiger partial charge in [0.05, 0.1) is 12.0 Å². The Bertz CT molecular complexity index is 560. The van der Waals surface area contributed by atoms with Crippen LogP contribution in [0.4, 0.5) is 5.82 Å². The molecule has 2 rings (SSSR count). The smallest absolute Gasteiger partial charge is 0.351 e. The van der Waals surface area contributed by atoms with Crippen molar-refractivity contribution in [3.63, 3.8) is 0 Å². The van der Waals surface area contributed by atoms with Crippen molar-refractivity contribution in [1.29, 1.82) is 0 Å². The second kappa shape index (κ2) is 9.23. The number of nitrogens with zero attached hydrogens (tertiary/aromatic N) is 2. The van der Waals surface area contributed by atoms with Crippen LogP contribution in [-0.4, -0.2) is 45.7 Å². The van der Waals surface area contributed by atoms with Gasteiger partial charge < -0.3 is 14.6 Å². The van der Waals surface area contributed by atoms with Gasteiger partial charge in [0.15, 0.2) is 5.82 Å². The normalized spacial score (nSPS) is 19.9. The second-order valence-corrected chi connectivity index (χ2v) is 5.19. The summed E-state index contributed by atoms with van der Waals surface area (Å²) in [6.45, 7) is 3.72. The van der Waals surface area contributed by atoms with Gasteiger partial charge in [-0.1, -0.05) is 13.8 Å². The van der Waals surface area contributed by atoms with Gasteiger partial charge in [0.2, 0.25) is 0 Å². The van der Waals surface area contributed by atoms with Crippen molar-refractivity contribution in [1.82, 2.24) is 9.55 Å². The van der Waals surface area contributed by atoms with E-state index in [1.54, 1.807) is 13.8 Å². The number of esters is 1. The molecule has 1 aliphatic rings. The number of anilines is 1. The number of hydrogen-bond acceptors (Lipinski definition) is 8. The molecule has 2 heterocycles. The Morgan fingerprint density at radius 1 is 1.52 bits per heavy atom. The van der Waals surface area contributed by atoms with Crippen LogP contribution in [-0.2, 0) is 14.3 Å². The zero-order chi connectivity index (χ0) is 17.4. The largest absolute Gasteiger partial charge is 0.463 e. The highest BCUT2D eigenvalue weighted by Crippen LogP contribution is 2.27. The van der Waals surface area contributed by atoms with Gasteiger partial charge in [0, 0.05) is 13.3 Å². The third-order valence-corrected chi connectivity index (χ3v) is 3.22. The fourth-order valence-corrected chi connectivity index (χ4v) is 2.05. The summed E-state index contributed by atoms with van der Waals surface area (Å²) in [4.78, 5) is 26.8. The van der Waals surface area contributed by atoms with Crippen LogP contribution in [0.15, 0.2) is 17.1 Å². The average molecular weight is 329 g/mol. The fourth-order valence-electron chi connectivity index (χ4n) is 2.05. The van der Waals surface area contributed by atoms with E-state index in [1.165, 1.54) is 16.8 Å². The molecule has 1 aromatic heterocycles. The van der Waals surface area contributed by atoms with E-state index in [4.69, 9.17) is 19.8 Å². The Kier molecular flexibility index (Phi) is 7.66. The summed E-state index contributed by atoms with van der Waals surface area (Å²) in [6.07, 6.45) is 2.18. The predicted molar refractivity (Wildman–Crippen MR) is 81.0 cm³/mol. The Morgan fingerprint density at radius 3 is 2.78 bits per heavy atom. The van der Waals surface area contributed by atoms with Crippen LogP contribution in [0.5, 0.6) is 0 Å². The number of carbonyl (C=O) groups is 1. The molecule has 2 atom stereocenters. The van der Waals surface area contributed by atoms with Gasteiger partial charge in [-0.25, -0.2) is 4.79 Å². The minimum Gasteiger partial charge on any atom is -0.463 e. The molecule has 0 aromatic carbocycles. The number of carbonyl (C=O) groups excluding carboxylic acids is 1. The molecule has 0 aliphatic carbocycles. The maximum absolute atomic E-state index is 11.8. The summed E-state index contributed by atoms with van der Waals surface area (Å²) in [5, 5.41) is 15.7. The maximum Gasteiger partial charge on any atom is 0.351 e. The Morgan fingerprint density at radius 2 is 2.22 bits per heavy atom. The van der Waals surface area contributed by atoms with Crippen LogP contribution in [0.2, 0.25) is 0 Å². The first-order valence-electron chi connectivity index (χ1n) is 7.27. The summed E-state index contributed by atoms with van der Waals surface area (Å²) in [7, 11) is 1.00. The lowest BCUT2D eigenvalue weighted by Crippen LogP contribution is -2.28. The van der Waals surface area contributed by atoms with Crippen molar-refractivity contribution < 1.29 is 24.6 Å². The van der Waals surface area contributed by atoms with Crippen LogP contribution in [0.1, 0.15) is 32.9 Å². The number of ether oxygens (including phenoxy) is 2. The minimum atomic E-state index is -0.515. The van der Waals surface area contributed by atoms with E-state index in [-0.39, 0.29) is 30.4 Å². The lowest BCUT2D eigenvalue weighted by molar-refractivity contribution is -0.152. The summed E-state index contributed by atoms with van der Waals surface area (Å²) >= 11 is 0. The van der Waals surface area contributed by atoms with E-state index >= 15 is 0 Å². The molecule has 1 aliphatic heterocycles. The molecule has 0 saturated carbocycles. The number of aliphatic hydroxyl groups excluding tert-OH is 1. The summed E-state index contributed by atoms with van der Waals surface area (Å²) in [6, 6.07) is 1.47. The monoisotopic (exact) mass is 329 g/mol. The first-order valence-corrected chi connectivity index (χ1v) is 7.27. The van der Waals surface area contributed by atoms with Crippen LogP contribution in [0.25, 0.3) is 0 Å². The van der Waals surface area contributed by atoms with E-state index in [0.717, 1.165) is 7.11 Å². The molecule has 2 unspecified atom stereocenters. The molecule has 0 bridgehead atoms. The van der Waals surface area contributed by atoms with Gasteiger partial charge >= 0.3 is 11.7 Å². The van der Waals surface area contributed by atoms with Gasteiger partial charge in [-0.3, -0.25) is 20.0 Å². The Labute approximate surface area is 133 Å². The van der Waals surface area contributed by atoms with Gasteiger partial charge in [0.1, 0.15) is 12.8 Å². The lowest BCUT2D eigenvalue weighted by Gasteiger charge is -2.16. The number of hydrogen-bond donors (Lipinski definition) is 3. The fraction of sp³-hybridized carbons (Fsp3) is 0.643. The van der Waals surface area contributed by atoms with Crippen LogP contribution >= 0.6 is 0 Å². The molecule has 1 aromatic rings. The van der Waals surface area contributed by atoms with Crippen LogP contribution in [0.3, 0.4) is 0 Å². The van der Waals surface area contributed by atoms with Crippen LogP contribution < -0.4 is 11.2 Å². The van der Waals surface area contributed by atoms with Crippen molar-refractivity contribution in [2.45, 2.75) is 39.0 Å². The molecule has 1 saturated heterocycles. The minimum absolute atomic E-state index is 0.0802. The highest BCUT2D eigenvalue weighted by molar-refractivity contribution is 5.71. The van der Waals surface area contributed by atoms with E-state index in [1.807, 2.05) is 5.48 Å². The van der Waals surface area contributed by atoms with Crippen molar-refractivity contribution in [2.75, 3.05) is 19.2 Å². The molecule has 3 N–H and O–H groups in total. The highest BCUT2D eigenvalue weighted by Gasteiger charge is 2.28. The van der Waals surface area contributed by atoms with E-state index in [0.29, 0.717) is 12.8 Å². The topological polar surface area (TPSA) is 123 Å². The molecule has 9 heteroatoms. The van der Waals surface area contributed by atoms with E-state index in [2.05, 4.69) is 4.98 Å². The number of rotatable bonds is 5. The molecule has 0 amide bonds. The lowest BCUT2D eigenvalue weighted by atomic mass is 10.2. The van der Waals surface area contributed by atoms with Gasteiger partial charge in [-0.05, 0) is 18.9 Å². The van der Waals surface area contributed by atoms with Crippen molar-refractivity contribution >= 4 is 11.8 Å².